The Morgan fingerprint density at radius 3 is 2.66 bits per heavy atom. The Balaban J connectivity index is 1.86. The van der Waals surface area contributed by atoms with Gasteiger partial charge in [0.15, 0.2) is 0 Å². The van der Waals surface area contributed by atoms with E-state index in [1.807, 2.05) is 13.0 Å². The molecule has 0 fully saturated rings. The first-order valence-electron chi connectivity index (χ1n) is 12.0. The predicted molar refractivity (Wildman–Crippen MR) is 140 cm³/mol. The van der Waals surface area contributed by atoms with E-state index in [9.17, 15) is 13.6 Å². The molecule has 1 aliphatic heterocycles. The molecule has 2 aromatic carbocycles. The standard InChI is InChI=1S/C29H33F2N3O/c1-5-21-16-19(3)10-14-25(9-7-8-22-11-12-23(30)17-20(22)4)32-29(21)34-26-15-13-24(31)18-27(26)33-28(35)6-2/h6,11-19H,2,5,7-10H2,1,3-4H3,(H,32,34)(H,33,35)/b21-16?,25-14+. The number of carbonyl (C=O) groups is 1. The first-order chi connectivity index (χ1) is 16.8. The number of carbonyl (C=O) groups excluding carboxylic acids is 1. The number of halogens is 2. The van der Waals surface area contributed by atoms with Crippen LogP contribution in [0.5, 0.6) is 0 Å². The molecule has 1 unspecified atom stereocenters. The lowest BCUT2D eigenvalue weighted by molar-refractivity contribution is -0.111. The smallest absolute Gasteiger partial charge is 0.247 e. The quantitative estimate of drug-likeness (QED) is 0.392. The number of hydrogen-bond donors (Lipinski definition) is 2. The Morgan fingerprint density at radius 1 is 1.20 bits per heavy atom. The third-order valence-corrected chi connectivity index (χ3v) is 6.02. The molecule has 0 bridgehead atoms. The molecule has 4 nitrogen and oxygen atoms in total. The van der Waals surface area contributed by atoms with E-state index in [1.54, 1.807) is 12.1 Å². The van der Waals surface area contributed by atoms with Crippen molar-refractivity contribution in [2.24, 2.45) is 10.9 Å². The molecule has 0 saturated heterocycles. The van der Waals surface area contributed by atoms with Crippen LogP contribution in [0.15, 0.2) is 77.5 Å². The highest BCUT2D eigenvalue weighted by molar-refractivity contribution is 6.04. The molecule has 0 spiro atoms. The maximum atomic E-state index is 13.9. The van der Waals surface area contributed by atoms with Crippen LogP contribution in [0, 0.1) is 24.5 Å². The van der Waals surface area contributed by atoms with E-state index in [1.165, 1.54) is 18.2 Å². The monoisotopic (exact) mass is 477 g/mol. The zero-order valence-electron chi connectivity index (χ0n) is 20.6. The zero-order valence-corrected chi connectivity index (χ0v) is 20.6. The van der Waals surface area contributed by atoms with Gasteiger partial charge in [-0.2, -0.15) is 0 Å². The van der Waals surface area contributed by atoms with Crippen molar-refractivity contribution in [3.63, 3.8) is 0 Å². The lowest BCUT2D eigenvalue weighted by Crippen LogP contribution is -2.26. The molecular formula is C29H33F2N3O. The molecule has 2 aromatic rings. The van der Waals surface area contributed by atoms with Gasteiger partial charge in [0.25, 0.3) is 0 Å². The molecule has 0 aliphatic carbocycles. The minimum absolute atomic E-state index is 0.214. The summed E-state index contributed by atoms with van der Waals surface area (Å²) >= 11 is 0. The Bertz CT molecular complexity index is 1180. The molecule has 0 aromatic heterocycles. The van der Waals surface area contributed by atoms with E-state index in [2.05, 4.69) is 43.2 Å². The molecule has 0 saturated carbocycles. The summed E-state index contributed by atoms with van der Waals surface area (Å²) in [5.74, 6) is -0.0905. The van der Waals surface area contributed by atoms with Crippen LogP contribution in [0.1, 0.15) is 50.7 Å². The molecule has 1 atom stereocenters. The van der Waals surface area contributed by atoms with Gasteiger partial charge in [-0.25, -0.2) is 13.8 Å². The Labute approximate surface area is 206 Å². The summed E-state index contributed by atoms with van der Waals surface area (Å²) in [6, 6.07) is 9.06. The van der Waals surface area contributed by atoms with Crippen LogP contribution >= 0.6 is 0 Å². The fraction of sp³-hybridized carbons (Fsp3) is 0.310. The number of nitrogens with one attached hydrogen (secondary N) is 2. The van der Waals surface area contributed by atoms with Gasteiger partial charge in [0.1, 0.15) is 17.5 Å². The molecule has 2 N–H and O–H groups in total. The van der Waals surface area contributed by atoms with Gasteiger partial charge in [-0.1, -0.05) is 38.6 Å². The van der Waals surface area contributed by atoms with Gasteiger partial charge in [-0.05, 0) is 98.1 Å². The summed E-state index contributed by atoms with van der Waals surface area (Å²) in [5.41, 5.74) is 4.96. The van der Waals surface area contributed by atoms with Gasteiger partial charge in [-0.15, -0.1) is 0 Å². The molecule has 0 radical (unpaired) electrons. The van der Waals surface area contributed by atoms with E-state index in [-0.39, 0.29) is 11.5 Å². The maximum Gasteiger partial charge on any atom is 0.247 e. The van der Waals surface area contributed by atoms with Crippen LogP contribution in [0.2, 0.25) is 0 Å². The molecular weight excluding hydrogens is 444 g/mol. The van der Waals surface area contributed by atoms with Crippen LogP contribution in [-0.2, 0) is 11.2 Å². The Kier molecular flexibility index (Phi) is 9.12. The van der Waals surface area contributed by atoms with Crippen LogP contribution in [0.3, 0.4) is 0 Å². The molecule has 35 heavy (non-hydrogen) atoms. The third kappa shape index (κ3) is 7.47. The average Bonchev–Trinajstić information content (AvgIpc) is 2.82. The van der Waals surface area contributed by atoms with Gasteiger partial charge < -0.3 is 10.6 Å². The number of allylic oxidation sites excluding steroid dienone is 3. The van der Waals surface area contributed by atoms with Gasteiger partial charge in [0.05, 0.1) is 11.4 Å². The van der Waals surface area contributed by atoms with Crippen LogP contribution in [0.4, 0.5) is 20.2 Å². The molecule has 1 heterocycles. The number of aliphatic imine (C=N–C) groups is 1. The number of nitrogens with zero attached hydrogens (tertiary/aromatic N) is 1. The lowest BCUT2D eigenvalue weighted by atomic mass is 9.97. The summed E-state index contributed by atoms with van der Waals surface area (Å²) in [6.45, 7) is 9.64. The number of rotatable bonds is 8. The lowest BCUT2D eigenvalue weighted by Gasteiger charge is -2.21. The van der Waals surface area contributed by atoms with Crippen molar-refractivity contribution in [1.29, 1.82) is 0 Å². The molecule has 3 rings (SSSR count). The molecule has 1 amide bonds. The van der Waals surface area contributed by atoms with E-state index in [0.29, 0.717) is 17.4 Å². The van der Waals surface area contributed by atoms with Crippen LogP contribution in [0.25, 0.3) is 0 Å². The fourth-order valence-corrected chi connectivity index (χ4v) is 4.07. The fourth-order valence-electron chi connectivity index (χ4n) is 4.07. The number of anilines is 1. The number of amides is 1. The normalized spacial score (nSPS) is 18.5. The highest BCUT2D eigenvalue weighted by atomic mass is 19.1. The minimum Gasteiger partial charge on any atom is -0.344 e. The van der Waals surface area contributed by atoms with E-state index < -0.39 is 11.7 Å². The van der Waals surface area contributed by atoms with E-state index in [0.717, 1.165) is 60.6 Å². The summed E-state index contributed by atoms with van der Waals surface area (Å²) in [7, 11) is 0. The largest absolute Gasteiger partial charge is 0.344 e. The molecule has 1 aliphatic rings. The number of hydrogen-bond acceptors (Lipinski definition) is 2. The second-order valence-corrected chi connectivity index (χ2v) is 8.85. The van der Waals surface area contributed by atoms with Crippen molar-refractivity contribution in [3.8, 4) is 0 Å². The van der Waals surface area contributed by atoms with Gasteiger partial charge in [0, 0.05) is 5.70 Å². The molecule has 184 valence electrons. The maximum absolute atomic E-state index is 13.9. The van der Waals surface area contributed by atoms with Crippen molar-refractivity contribution in [2.45, 2.75) is 52.9 Å². The van der Waals surface area contributed by atoms with Crippen LogP contribution in [-0.4, -0.2) is 11.7 Å². The number of benzene rings is 2. The first kappa shape index (κ1) is 26.1. The summed E-state index contributed by atoms with van der Waals surface area (Å²) in [4.78, 5) is 16.7. The highest BCUT2D eigenvalue weighted by Gasteiger charge is 2.15. The van der Waals surface area contributed by atoms with Crippen molar-refractivity contribution in [2.75, 3.05) is 5.32 Å². The van der Waals surface area contributed by atoms with Gasteiger partial charge >= 0.3 is 0 Å². The van der Waals surface area contributed by atoms with Crippen molar-refractivity contribution >= 4 is 23.1 Å². The minimum atomic E-state index is -0.463. The number of amidine groups is 1. The van der Waals surface area contributed by atoms with Crippen LogP contribution < -0.4 is 10.6 Å². The Morgan fingerprint density at radius 2 is 1.94 bits per heavy atom. The molecule has 6 heteroatoms. The topological polar surface area (TPSA) is 53.5 Å². The second kappa shape index (κ2) is 12.2. The first-order valence-corrected chi connectivity index (χ1v) is 12.0. The van der Waals surface area contributed by atoms with E-state index in [4.69, 9.17) is 4.99 Å². The third-order valence-electron chi connectivity index (χ3n) is 6.02. The summed E-state index contributed by atoms with van der Waals surface area (Å²) in [5, 5.41) is 6.14. The highest BCUT2D eigenvalue weighted by Crippen LogP contribution is 2.28. The Hall–Kier alpha value is -3.54. The van der Waals surface area contributed by atoms with Gasteiger partial charge in [0.2, 0.25) is 5.91 Å². The summed E-state index contributed by atoms with van der Waals surface area (Å²) < 4.78 is 27.3. The second-order valence-electron chi connectivity index (χ2n) is 8.85. The average molecular weight is 478 g/mol. The number of aryl methyl sites for hydroxylation is 2. The zero-order chi connectivity index (χ0) is 25.4. The SMILES string of the molecule is C=CC(=O)Nc1cc(F)ccc1N=C1N/C(CCCc2ccc(F)cc2C)=C/CC(C)C=C1CC. The van der Waals surface area contributed by atoms with Gasteiger partial charge in [-0.3, -0.25) is 4.79 Å². The van der Waals surface area contributed by atoms with E-state index >= 15 is 0 Å². The predicted octanol–water partition coefficient (Wildman–Crippen LogP) is 7.30. The van der Waals surface area contributed by atoms with Crippen molar-refractivity contribution in [3.05, 3.63) is 95.2 Å². The van der Waals surface area contributed by atoms with Crippen molar-refractivity contribution < 1.29 is 13.6 Å². The summed E-state index contributed by atoms with van der Waals surface area (Å²) in [6.07, 6.45) is 9.77. The van der Waals surface area contributed by atoms with Crippen molar-refractivity contribution in [1.82, 2.24) is 5.32 Å².